The molecule has 1 aromatic carbocycles. The number of aromatic nitrogens is 3. The van der Waals surface area contributed by atoms with Crippen molar-refractivity contribution in [2.75, 3.05) is 23.8 Å². The Morgan fingerprint density at radius 1 is 1.26 bits per heavy atom. The summed E-state index contributed by atoms with van der Waals surface area (Å²) in [5.41, 5.74) is 2.99. The van der Waals surface area contributed by atoms with Crippen molar-refractivity contribution >= 4 is 28.5 Å². The summed E-state index contributed by atoms with van der Waals surface area (Å²) in [4.78, 5) is 24.8. The van der Waals surface area contributed by atoms with Gasteiger partial charge in [0.05, 0.1) is 11.6 Å². The fourth-order valence-electron chi connectivity index (χ4n) is 4.83. The first-order valence-corrected chi connectivity index (χ1v) is 12.3. The van der Waals surface area contributed by atoms with E-state index in [1.54, 1.807) is 6.07 Å². The molecular formula is C26H30FN5O3. The maximum absolute atomic E-state index is 13.7. The van der Waals surface area contributed by atoms with E-state index in [0.717, 1.165) is 56.6 Å². The van der Waals surface area contributed by atoms with E-state index in [2.05, 4.69) is 32.7 Å². The lowest BCUT2D eigenvalue weighted by Gasteiger charge is -2.35. The number of fused-ring (bicyclic) bond motifs is 2. The number of aliphatic carboxylic acids is 1. The molecule has 5 rings (SSSR count). The van der Waals surface area contributed by atoms with Gasteiger partial charge in [-0.1, -0.05) is 6.07 Å². The van der Waals surface area contributed by atoms with Crippen molar-refractivity contribution < 1.29 is 19.0 Å². The summed E-state index contributed by atoms with van der Waals surface area (Å²) in [6.07, 6.45) is 8.08. The van der Waals surface area contributed by atoms with Crippen molar-refractivity contribution in [2.24, 2.45) is 5.92 Å². The highest BCUT2D eigenvalue weighted by Crippen LogP contribution is 2.34. The molecule has 3 heterocycles. The molecule has 184 valence electrons. The minimum Gasteiger partial charge on any atom is -0.480 e. The largest absolute Gasteiger partial charge is 0.480 e. The van der Waals surface area contributed by atoms with E-state index >= 15 is 0 Å². The van der Waals surface area contributed by atoms with E-state index in [0.29, 0.717) is 29.2 Å². The predicted octanol–water partition coefficient (Wildman–Crippen LogP) is 4.21. The highest BCUT2D eigenvalue weighted by molar-refractivity contribution is 5.90. The lowest BCUT2D eigenvalue weighted by Crippen LogP contribution is -2.35. The number of nitrogens with one attached hydrogen (secondary N) is 2. The first kappa shape index (κ1) is 23.4. The molecule has 1 aliphatic heterocycles. The van der Waals surface area contributed by atoms with Crippen molar-refractivity contribution in [2.45, 2.75) is 57.1 Å². The van der Waals surface area contributed by atoms with Crippen LogP contribution in [0.25, 0.3) is 10.9 Å². The summed E-state index contributed by atoms with van der Waals surface area (Å²) in [7, 11) is 0. The van der Waals surface area contributed by atoms with Gasteiger partial charge in [0.1, 0.15) is 29.8 Å². The Balaban J connectivity index is 1.06. The molecule has 0 bridgehead atoms. The molecule has 0 spiro atoms. The van der Waals surface area contributed by atoms with E-state index in [-0.39, 0.29) is 12.5 Å². The minimum atomic E-state index is -1.00. The molecule has 0 saturated heterocycles. The van der Waals surface area contributed by atoms with Gasteiger partial charge >= 0.3 is 5.97 Å². The number of benzene rings is 1. The van der Waals surface area contributed by atoms with E-state index in [1.807, 2.05) is 0 Å². The van der Waals surface area contributed by atoms with E-state index in [1.165, 1.54) is 24.0 Å². The Bertz CT molecular complexity index is 1200. The van der Waals surface area contributed by atoms with Gasteiger partial charge in [0.25, 0.3) is 0 Å². The van der Waals surface area contributed by atoms with E-state index in [9.17, 15) is 14.3 Å². The smallest absolute Gasteiger partial charge is 0.326 e. The lowest BCUT2D eigenvalue weighted by molar-refractivity contribution is -0.138. The molecule has 1 aliphatic carbocycles. The van der Waals surface area contributed by atoms with E-state index in [4.69, 9.17) is 9.72 Å². The molecule has 8 nitrogen and oxygen atoms in total. The molecule has 9 heteroatoms. The van der Waals surface area contributed by atoms with Crippen LogP contribution in [0.4, 0.5) is 16.0 Å². The zero-order chi connectivity index (χ0) is 24.2. The van der Waals surface area contributed by atoms with Crippen molar-refractivity contribution in [3.63, 3.8) is 0 Å². The fourth-order valence-corrected chi connectivity index (χ4v) is 4.83. The van der Waals surface area contributed by atoms with Crippen LogP contribution in [0.3, 0.4) is 0 Å². The van der Waals surface area contributed by atoms with Crippen molar-refractivity contribution in [3.8, 4) is 0 Å². The SMILES string of the molecule is O=C(O)[C@H](CCOC1CC(CCc2ccc3c(n2)NCCC3)C1)Nc1ncnc2ccc(F)cc12. The molecule has 0 unspecified atom stereocenters. The van der Waals surface area contributed by atoms with Gasteiger partial charge in [-0.05, 0) is 74.3 Å². The number of carboxylic acids is 1. The Labute approximate surface area is 203 Å². The van der Waals surface area contributed by atoms with Gasteiger partial charge in [-0.25, -0.2) is 24.1 Å². The molecule has 35 heavy (non-hydrogen) atoms. The van der Waals surface area contributed by atoms with Crippen molar-refractivity contribution in [3.05, 3.63) is 53.7 Å². The average molecular weight is 480 g/mol. The number of aryl methyl sites for hydroxylation is 2. The summed E-state index contributed by atoms with van der Waals surface area (Å²) in [6, 6.07) is 7.61. The monoisotopic (exact) mass is 479 g/mol. The predicted molar refractivity (Wildman–Crippen MR) is 131 cm³/mol. The second kappa shape index (κ2) is 10.5. The molecule has 3 aromatic rings. The molecule has 2 aromatic heterocycles. The Morgan fingerprint density at radius 2 is 2.14 bits per heavy atom. The number of rotatable bonds is 10. The summed E-state index contributed by atoms with van der Waals surface area (Å²) in [6.45, 7) is 1.33. The molecule has 3 N–H and O–H groups in total. The second-order valence-electron chi connectivity index (χ2n) is 9.42. The van der Waals surface area contributed by atoms with Gasteiger partial charge in [0.2, 0.25) is 0 Å². The topological polar surface area (TPSA) is 109 Å². The zero-order valence-electron chi connectivity index (χ0n) is 19.5. The highest BCUT2D eigenvalue weighted by Gasteiger charge is 2.30. The molecular weight excluding hydrogens is 449 g/mol. The van der Waals surface area contributed by atoms with Crippen molar-refractivity contribution in [1.82, 2.24) is 15.0 Å². The molecule has 0 radical (unpaired) electrons. The zero-order valence-corrected chi connectivity index (χ0v) is 19.5. The fraction of sp³-hybridized carbons (Fsp3) is 0.462. The van der Waals surface area contributed by atoms with Gasteiger partial charge in [0.15, 0.2) is 0 Å². The summed E-state index contributed by atoms with van der Waals surface area (Å²) < 4.78 is 19.6. The third kappa shape index (κ3) is 5.67. The molecule has 1 fully saturated rings. The van der Waals surface area contributed by atoms with E-state index < -0.39 is 17.8 Å². The van der Waals surface area contributed by atoms with Crippen LogP contribution in [0.2, 0.25) is 0 Å². The first-order chi connectivity index (χ1) is 17.0. The standard InChI is InChI=1S/C26H30FN5O3/c27-18-5-8-22-21(14-18)25(30-15-29-22)32-23(26(33)34)9-11-35-20-12-16(13-20)3-6-19-7-4-17-2-1-10-28-24(17)31-19/h4-5,7-8,14-16,20,23H,1-3,6,9-13H2,(H,28,31)(H,33,34)(H,29,30,32)/t16?,20?,23-/m0/s1. The number of pyridine rings is 1. The third-order valence-electron chi connectivity index (χ3n) is 6.92. The maximum atomic E-state index is 13.7. The number of anilines is 2. The molecule has 1 saturated carbocycles. The molecule has 2 aliphatic rings. The van der Waals surface area contributed by atoms with Crippen LogP contribution in [0.1, 0.15) is 43.4 Å². The van der Waals surface area contributed by atoms with Gasteiger partial charge < -0.3 is 20.5 Å². The van der Waals surface area contributed by atoms with Gasteiger partial charge in [0, 0.05) is 30.7 Å². The third-order valence-corrected chi connectivity index (χ3v) is 6.92. The Morgan fingerprint density at radius 3 is 3.00 bits per heavy atom. The minimum absolute atomic E-state index is 0.168. The molecule has 1 atom stereocenters. The van der Waals surface area contributed by atoms with Gasteiger partial charge in [-0.15, -0.1) is 0 Å². The number of ether oxygens (including phenoxy) is 1. The quantitative estimate of drug-likeness (QED) is 0.397. The number of hydrogen-bond donors (Lipinski definition) is 3. The number of carboxylic acid groups (broad SMARTS) is 1. The van der Waals surface area contributed by atoms with Crippen LogP contribution >= 0.6 is 0 Å². The van der Waals surface area contributed by atoms with Gasteiger partial charge in [-0.2, -0.15) is 0 Å². The lowest BCUT2D eigenvalue weighted by atomic mass is 9.79. The van der Waals surface area contributed by atoms with Crippen LogP contribution in [0.15, 0.2) is 36.7 Å². The second-order valence-corrected chi connectivity index (χ2v) is 9.42. The van der Waals surface area contributed by atoms with Crippen LogP contribution in [-0.4, -0.2) is 51.3 Å². The van der Waals surface area contributed by atoms with Crippen molar-refractivity contribution in [1.29, 1.82) is 0 Å². The normalized spacial score (nSPS) is 19.9. The summed E-state index contributed by atoms with van der Waals surface area (Å²) in [5, 5.41) is 16.4. The van der Waals surface area contributed by atoms with Gasteiger partial charge in [-0.3, -0.25) is 0 Å². The number of carbonyl (C=O) groups is 1. The highest BCUT2D eigenvalue weighted by atomic mass is 19.1. The average Bonchev–Trinajstić information content (AvgIpc) is 2.84. The first-order valence-electron chi connectivity index (χ1n) is 12.3. The summed E-state index contributed by atoms with van der Waals surface area (Å²) >= 11 is 0. The number of halogens is 1. The Kier molecular flexibility index (Phi) is 7.03. The number of hydrogen-bond acceptors (Lipinski definition) is 7. The summed E-state index contributed by atoms with van der Waals surface area (Å²) in [5.74, 6) is 0.530. The number of nitrogens with zero attached hydrogens (tertiary/aromatic N) is 3. The van der Waals surface area contributed by atoms with Crippen LogP contribution < -0.4 is 10.6 Å². The maximum Gasteiger partial charge on any atom is 0.326 e. The molecule has 0 amide bonds. The van der Waals surface area contributed by atoms with Crippen LogP contribution in [0, 0.1) is 11.7 Å². The van der Waals surface area contributed by atoms with Crippen LogP contribution in [-0.2, 0) is 22.4 Å². The Hall–Kier alpha value is -3.33. The van der Waals surface area contributed by atoms with Crippen LogP contribution in [0.5, 0.6) is 0 Å².